The van der Waals surface area contributed by atoms with Crippen LogP contribution in [-0.2, 0) is 0 Å². The highest BCUT2D eigenvalue weighted by Gasteiger charge is 2.15. The van der Waals surface area contributed by atoms with E-state index in [4.69, 9.17) is 0 Å². The van der Waals surface area contributed by atoms with Crippen molar-refractivity contribution in [1.29, 1.82) is 0 Å². The van der Waals surface area contributed by atoms with Gasteiger partial charge in [0.1, 0.15) is 0 Å². The highest BCUT2D eigenvalue weighted by molar-refractivity contribution is 6.23. The minimum Gasteiger partial charge on any atom is -0.354 e. The molecule has 2 nitrogen and oxygen atoms in total. The number of aromatic amines is 1. The van der Waals surface area contributed by atoms with E-state index in [2.05, 4.69) is 161 Å². The Bertz CT molecular complexity index is 2460. The van der Waals surface area contributed by atoms with E-state index in [1.54, 1.807) is 0 Å². The standard InChI is InChI=1S/C40H26N2/c1-2-13-29(14-3-1)42-38-20-9-7-16-31(38)32-22-21-27(24-39(32)42)26-11-10-12-28(23-26)35-25-37-40(33-17-5-4-15-30(33)35)34-18-6-8-19-36(34)41-37/h1-25,41H. The third-order valence-electron chi connectivity index (χ3n) is 8.71. The van der Waals surface area contributed by atoms with Gasteiger partial charge in [0.15, 0.2) is 0 Å². The molecule has 0 radical (unpaired) electrons. The second kappa shape index (κ2) is 8.95. The van der Waals surface area contributed by atoms with E-state index in [9.17, 15) is 0 Å². The van der Waals surface area contributed by atoms with Crippen LogP contribution in [0, 0.1) is 0 Å². The van der Waals surface area contributed by atoms with Crippen LogP contribution in [0.4, 0.5) is 0 Å². The van der Waals surface area contributed by atoms with E-state index in [0.29, 0.717) is 0 Å². The van der Waals surface area contributed by atoms with Crippen LogP contribution in [-0.4, -0.2) is 9.55 Å². The molecule has 0 unspecified atom stereocenters. The first-order valence-electron chi connectivity index (χ1n) is 14.5. The van der Waals surface area contributed by atoms with E-state index in [1.807, 2.05) is 0 Å². The van der Waals surface area contributed by atoms with Gasteiger partial charge in [-0.2, -0.15) is 0 Å². The van der Waals surface area contributed by atoms with Gasteiger partial charge in [-0.05, 0) is 75.5 Å². The fourth-order valence-electron chi connectivity index (χ4n) is 6.83. The maximum atomic E-state index is 3.68. The summed E-state index contributed by atoms with van der Waals surface area (Å²) in [6.45, 7) is 0. The Morgan fingerprint density at radius 3 is 1.93 bits per heavy atom. The lowest BCUT2D eigenvalue weighted by molar-refractivity contribution is 1.18. The van der Waals surface area contributed by atoms with Gasteiger partial charge in [0.2, 0.25) is 0 Å². The van der Waals surface area contributed by atoms with Crippen molar-refractivity contribution in [3.8, 4) is 27.9 Å². The summed E-state index contributed by atoms with van der Waals surface area (Å²) in [5, 5.41) is 7.65. The SMILES string of the molecule is c1ccc(-n2c3ccccc3c3ccc(-c4cccc(-c5cc6[nH]c7ccccc7c6c6ccccc56)c4)cc32)cc1. The zero-order chi connectivity index (χ0) is 27.6. The van der Waals surface area contributed by atoms with Crippen molar-refractivity contribution in [1.82, 2.24) is 9.55 Å². The first-order chi connectivity index (χ1) is 20.8. The van der Waals surface area contributed by atoms with E-state index >= 15 is 0 Å². The number of hydrogen-bond acceptors (Lipinski definition) is 0. The smallest absolute Gasteiger partial charge is 0.0547 e. The highest BCUT2D eigenvalue weighted by Crippen LogP contribution is 2.40. The number of aromatic nitrogens is 2. The summed E-state index contributed by atoms with van der Waals surface area (Å²) in [6, 6.07) is 55.0. The number of hydrogen-bond donors (Lipinski definition) is 1. The molecular weight excluding hydrogens is 508 g/mol. The molecule has 0 fully saturated rings. The van der Waals surface area contributed by atoms with Gasteiger partial charge in [0, 0.05) is 38.3 Å². The number of para-hydroxylation sites is 3. The van der Waals surface area contributed by atoms with Crippen LogP contribution in [0.15, 0.2) is 152 Å². The quantitative estimate of drug-likeness (QED) is 0.233. The fourth-order valence-corrected chi connectivity index (χ4v) is 6.83. The van der Waals surface area contributed by atoms with Crippen LogP contribution >= 0.6 is 0 Å². The minimum atomic E-state index is 1.17. The molecule has 9 rings (SSSR count). The molecule has 2 heteroatoms. The third kappa shape index (κ3) is 3.39. The van der Waals surface area contributed by atoms with Crippen LogP contribution in [0.2, 0.25) is 0 Å². The summed E-state index contributed by atoms with van der Waals surface area (Å²) < 4.78 is 2.38. The number of H-pyrrole nitrogens is 1. The van der Waals surface area contributed by atoms with E-state index in [1.165, 1.54) is 82.3 Å². The molecule has 7 aromatic carbocycles. The predicted octanol–water partition coefficient (Wildman–Crippen LogP) is 10.9. The first kappa shape index (κ1) is 23.1. The Hall–Kier alpha value is -5.60. The molecule has 0 saturated heterocycles. The van der Waals surface area contributed by atoms with Gasteiger partial charge in [-0.25, -0.2) is 0 Å². The van der Waals surface area contributed by atoms with Crippen molar-refractivity contribution < 1.29 is 0 Å². The lowest BCUT2D eigenvalue weighted by Gasteiger charge is -2.12. The fraction of sp³-hybridized carbons (Fsp3) is 0. The molecule has 42 heavy (non-hydrogen) atoms. The zero-order valence-corrected chi connectivity index (χ0v) is 22.9. The minimum absolute atomic E-state index is 1.17. The van der Waals surface area contributed by atoms with Crippen LogP contribution in [0.1, 0.15) is 0 Å². The van der Waals surface area contributed by atoms with E-state index in [-0.39, 0.29) is 0 Å². The van der Waals surface area contributed by atoms with Crippen LogP contribution in [0.5, 0.6) is 0 Å². The Kier molecular flexibility index (Phi) is 4.93. The van der Waals surface area contributed by atoms with Gasteiger partial charge in [-0.15, -0.1) is 0 Å². The number of nitrogens with one attached hydrogen (secondary N) is 1. The molecular formula is C40H26N2. The molecule has 2 heterocycles. The maximum Gasteiger partial charge on any atom is 0.0547 e. The molecule has 0 bridgehead atoms. The molecule has 196 valence electrons. The first-order valence-corrected chi connectivity index (χ1v) is 14.5. The number of benzene rings is 7. The van der Waals surface area contributed by atoms with Crippen LogP contribution in [0.25, 0.3) is 82.3 Å². The van der Waals surface area contributed by atoms with Gasteiger partial charge in [0.25, 0.3) is 0 Å². The van der Waals surface area contributed by atoms with Crippen molar-refractivity contribution in [2.75, 3.05) is 0 Å². The Labute approximate surface area is 243 Å². The average molecular weight is 535 g/mol. The van der Waals surface area contributed by atoms with Gasteiger partial charge in [-0.3, -0.25) is 0 Å². The molecule has 2 aromatic heterocycles. The van der Waals surface area contributed by atoms with Gasteiger partial charge in [0.05, 0.1) is 11.0 Å². The van der Waals surface area contributed by atoms with Crippen molar-refractivity contribution in [2.45, 2.75) is 0 Å². The lowest BCUT2D eigenvalue weighted by atomic mass is 9.93. The Morgan fingerprint density at radius 1 is 0.381 bits per heavy atom. The average Bonchev–Trinajstić information content (AvgIpc) is 3.60. The van der Waals surface area contributed by atoms with Crippen molar-refractivity contribution in [3.63, 3.8) is 0 Å². The normalized spacial score (nSPS) is 11.8. The monoisotopic (exact) mass is 534 g/mol. The number of fused-ring (bicyclic) bond motifs is 8. The van der Waals surface area contributed by atoms with Crippen LogP contribution in [0.3, 0.4) is 0 Å². The summed E-state index contributed by atoms with van der Waals surface area (Å²) >= 11 is 0. The molecule has 0 aliphatic heterocycles. The van der Waals surface area contributed by atoms with Crippen molar-refractivity contribution in [3.05, 3.63) is 152 Å². The maximum absolute atomic E-state index is 3.68. The summed E-state index contributed by atoms with van der Waals surface area (Å²) in [6.07, 6.45) is 0. The number of nitrogens with zero attached hydrogens (tertiary/aromatic N) is 1. The van der Waals surface area contributed by atoms with E-state index in [0.717, 1.165) is 0 Å². The Balaban J connectivity index is 1.26. The molecule has 0 aliphatic carbocycles. The summed E-state index contributed by atoms with van der Waals surface area (Å²) in [4.78, 5) is 3.68. The Morgan fingerprint density at radius 2 is 1.05 bits per heavy atom. The molecule has 9 aromatic rings. The molecule has 0 amide bonds. The molecule has 1 N–H and O–H groups in total. The lowest BCUT2D eigenvalue weighted by Crippen LogP contribution is -1.93. The second-order valence-corrected chi connectivity index (χ2v) is 11.1. The summed E-state index contributed by atoms with van der Waals surface area (Å²) in [7, 11) is 0. The van der Waals surface area contributed by atoms with Gasteiger partial charge in [-0.1, -0.05) is 109 Å². The molecule has 0 spiro atoms. The van der Waals surface area contributed by atoms with Gasteiger partial charge >= 0.3 is 0 Å². The van der Waals surface area contributed by atoms with Crippen LogP contribution < -0.4 is 0 Å². The molecule has 0 atom stereocenters. The van der Waals surface area contributed by atoms with Gasteiger partial charge < -0.3 is 9.55 Å². The molecule has 0 saturated carbocycles. The second-order valence-electron chi connectivity index (χ2n) is 11.1. The summed E-state index contributed by atoms with van der Waals surface area (Å²) in [5.41, 5.74) is 10.8. The largest absolute Gasteiger partial charge is 0.354 e. The summed E-state index contributed by atoms with van der Waals surface area (Å²) in [5.74, 6) is 0. The topological polar surface area (TPSA) is 20.7 Å². The zero-order valence-electron chi connectivity index (χ0n) is 22.9. The third-order valence-corrected chi connectivity index (χ3v) is 8.71. The predicted molar refractivity (Wildman–Crippen MR) is 179 cm³/mol. The molecule has 0 aliphatic rings. The highest BCUT2D eigenvalue weighted by atomic mass is 15.0. The van der Waals surface area contributed by atoms with Crippen molar-refractivity contribution >= 4 is 54.4 Å². The van der Waals surface area contributed by atoms with Crippen molar-refractivity contribution in [2.24, 2.45) is 0 Å². The number of rotatable bonds is 3. The van der Waals surface area contributed by atoms with E-state index < -0.39 is 0 Å².